The SMILES string of the molecule is Cc1ccc(C(=O)NNC(=O)c2cc(C)n(-c3ccc(F)cc3)c2C)cc1. The highest BCUT2D eigenvalue weighted by Gasteiger charge is 2.17. The minimum atomic E-state index is -0.420. The highest BCUT2D eigenvalue weighted by Crippen LogP contribution is 2.21. The second-order valence-electron chi connectivity index (χ2n) is 6.37. The van der Waals surface area contributed by atoms with E-state index in [1.54, 1.807) is 37.3 Å². The van der Waals surface area contributed by atoms with Gasteiger partial charge < -0.3 is 4.57 Å². The van der Waals surface area contributed by atoms with Gasteiger partial charge in [-0.15, -0.1) is 0 Å². The zero-order valence-electron chi connectivity index (χ0n) is 15.3. The van der Waals surface area contributed by atoms with E-state index in [0.717, 1.165) is 16.9 Å². The van der Waals surface area contributed by atoms with Gasteiger partial charge in [-0.25, -0.2) is 4.39 Å². The number of nitrogens with zero attached hydrogens (tertiary/aromatic N) is 1. The molecule has 5 nitrogen and oxygen atoms in total. The number of amides is 2. The topological polar surface area (TPSA) is 63.1 Å². The molecule has 138 valence electrons. The van der Waals surface area contributed by atoms with Gasteiger partial charge in [-0.1, -0.05) is 17.7 Å². The first-order chi connectivity index (χ1) is 12.9. The number of aryl methyl sites for hydroxylation is 2. The van der Waals surface area contributed by atoms with Crippen LogP contribution in [-0.2, 0) is 0 Å². The second-order valence-corrected chi connectivity index (χ2v) is 6.37. The summed E-state index contributed by atoms with van der Waals surface area (Å²) in [5.41, 5.74) is 9.08. The predicted molar refractivity (Wildman–Crippen MR) is 101 cm³/mol. The molecule has 2 N–H and O–H groups in total. The van der Waals surface area contributed by atoms with Crippen molar-refractivity contribution in [3.05, 3.63) is 88.5 Å². The van der Waals surface area contributed by atoms with Crippen molar-refractivity contribution in [1.82, 2.24) is 15.4 Å². The molecule has 0 radical (unpaired) electrons. The molecule has 0 spiro atoms. The van der Waals surface area contributed by atoms with E-state index in [0.29, 0.717) is 16.8 Å². The Balaban J connectivity index is 1.75. The second kappa shape index (κ2) is 7.45. The molecule has 6 heteroatoms. The lowest BCUT2D eigenvalue weighted by Gasteiger charge is -2.10. The molecule has 0 aliphatic heterocycles. The van der Waals surface area contributed by atoms with Crippen molar-refractivity contribution in [2.24, 2.45) is 0 Å². The summed E-state index contributed by atoms with van der Waals surface area (Å²) in [5, 5.41) is 0. The molecule has 0 unspecified atom stereocenters. The molecule has 0 atom stereocenters. The Kier molecular flexibility index (Phi) is 5.07. The number of carbonyl (C=O) groups is 2. The maximum atomic E-state index is 13.2. The molecule has 0 saturated heterocycles. The van der Waals surface area contributed by atoms with Crippen LogP contribution in [0.4, 0.5) is 4.39 Å². The molecule has 3 rings (SSSR count). The molecule has 0 aliphatic rings. The van der Waals surface area contributed by atoms with Crippen molar-refractivity contribution < 1.29 is 14.0 Å². The molecule has 1 aromatic heterocycles. The van der Waals surface area contributed by atoms with Gasteiger partial charge in [0.25, 0.3) is 11.8 Å². The number of nitrogens with one attached hydrogen (secondary N) is 2. The van der Waals surface area contributed by atoms with Crippen LogP contribution in [0, 0.1) is 26.6 Å². The summed E-state index contributed by atoms with van der Waals surface area (Å²) in [5.74, 6) is -1.13. The van der Waals surface area contributed by atoms with Gasteiger partial charge in [-0.3, -0.25) is 20.4 Å². The first-order valence-electron chi connectivity index (χ1n) is 8.49. The van der Waals surface area contributed by atoms with Crippen LogP contribution in [0.3, 0.4) is 0 Å². The molecular weight excluding hydrogens is 345 g/mol. The summed E-state index contributed by atoms with van der Waals surface area (Å²) in [6.07, 6.45) is 0. The number of aromatic nitrogens is 1. The van der Waals surface area contributed by atoms with Gasteiger partial charge in [0.15, 0.2) is 0 Å². The van der Waals surface area contributed by atoms with Gasteiger partial charge in [0.2, 0.25) is 0 Å². The summed E-state index contributed by atoms with van der Waals surface area (Å²) in [7, 11) is 0. The zero-order valence-corrected chi connectivity index (χ0v) is 15.3. The predicted octanol–water partition coefficient (Wildman–Crippen LogP) is 3.62. The summed E-state index contributed by atoms with van der Waals surface area (Å²) in [6, 6.07) is 14.8. The van der Waals surface area contributed by atoms with Crippen LogP contribution in [0.25, 0.3) is 5.69 Å². The minimum absolute atomic E-state index is 0.321. The zero-order chi connectivity index (χ0) is 19.6. The molecule has 3 aromatic rings. The summed E-state index contributed by atoms with van der Waals surface area (Å²) >= 11 is 0. The van der Waals surface area contributed by atoms with Crippen LogP contribution >= 0.6 is 0 Å². The first kappa shape index (κ1) is 18.4. The highest BCUT2D eigenvalue weighted by molar-refractivity contribution is 5.99. The Bertz CT molecular complexity index is 990. The average Bonchev–Trinajstić information content (AvgIpc) is 2.95. The maximum Gasteiger partial charge on any atom is 0.271 e. The van der Waals surface area contributed by atoms with Gasteiger partial charge in [0.05, 0.1) is 5.56 Å². The largest absolute Gasteiger partial charge is 0.318 e. The van der Waals surface area contributed by atoms with Crippen LogP contribution in [-0.4, -0.2) is 16.4 Å². The molecule has 2 aromatic carbocycles. The lowest BCUT2D eigenvalue weighted by molar-refractivity contribution is 0.0846. The fraction of sp³-hybridized carbons (Fsp3) is 0.143. The van der Waals surface area contributed by atoms with Crippen molar-refractivity contribution >= 4 is 11.8 Å². The van der Waals surface area contributed by atoms with Gasteiger partial charge >= 0.3 is 0 Å². The number of carbonyl (C=O) groups excluding carboxylic acids is 2. The van der Waals surface area contributed by atoms with E-state index in [4.69, 9.17) is 0 Å². The number of halogens is 1. The third-order valence-electron chi connectivity index (χ3n) is 4.36. The Labute approximate surface area is 156 Å². The fourth-order valence-electron chi connectivity index (χ4n) is 2.94. The van der Waals surface area contributed by atoms with Gasteiger partial charge in [-0.2, -0.15) is 0 Å². The lowest BCUT2D eigenvalue weighted by atomic mass is 10.1. The van der Waals surface area contributed by atoms with Crippen LogP contribution in [0.15, 0.2) is 54.6 Å². The van der Waals surface area contributed by atoms with E-state index in [-0.39, 0.29) is 5.82 Å². The molecule has 0 bridgehead atoms. The Morgan fingerprint density at radius 1 is 0.852 bits per heavy atom. The fourth-order valence-corrected chi connectivity index (χ4v) is 2.94. The standard InChI is InChI=1S/C21H20FN3O2/c1-13-4-6-16(7-5-13)20(26)23-24-21(27)19-12-14(2)25(15(19)3)18-10-8-17(22)9-11-18/h4-12H,1-3H3,(H,23,26)(H,24,27). The third-order valence-corrected chi connectivity index (χ3v) is 4.36. The van der Waals surface area contributed by atoms with E-state index in [9.17, 15) is 14.0 Å². The number of hydrogen-bond acceptors (Lipinski definition) is 2. The number of rotatable bonds is 3. The maximum absolute atomic E-state index is 13.2. The van der Waals surface area contributed by atoms with Gasteiger partial charge in [0, 0.05) is 22.6 Å². The molecular formula is C21H20FN3O2. The van der Waals surface area contributed by atoms with Crippen LogP contribution < -0.4 is 10.9 Å². The van der Waals surface area contributed by atoms with Gasteiger partial charge in [-0.05, 0) is 63.2 Å². The van der Waals surface area contributed by atoms with Crippen molar-refractivity contribution in [1.29, 1.82) is 0 Å². The Hall–Kier alpha value is -3.41. The van der Waals surface area contributed by atoms with Crippen molar-refractivity contribution in [3.8, 4) is 5.69 Å². The molecule has 0 aliphatic carbocycles. The summed E-state index contributed by atoms with van der Waals surface area (Å²) in [6.45, 7) is 5.59. The van der Waals surface area contributed by atoms with Gasteiger partial charge in [0.1, 0.15) is 5.82 Å². The normalized spacial score (nSPS) is 10.5. The number of hydrogen-bond donors (Lipinski definition) is 2. The van der Waals surface area contributed by atoms with Crippen LogP contribution in [0.2, 0.25) is 0 Å². The minimum Gasteiger partial charge on any atom is -0.318 e. The van der Waals surface area contributed by atoms with E-state index in [1.165, 1.54) is 12.1 Å². The average molecular weight is 365 g/mol. The molecule has 2 amide bonds. The number of hydrazine groups is 1. The highest BCUT2D eigenvalue weighted by atomic mass is 19.1. The number of benzene rings is 2. The monoisotopic (exact) mass is 365 g/mol. The lowest BCUT2D eigenvalue weighted by Crippen LogP contribution is -2.41. The van der Waals surface area contributed by atoms with Crippen molar-refractivity contribution in [3.63, 3.8) is 0 Å². The molecule has 0 fully saturated rings. The van der Waals surface area contributed by atoms with Crippen LogP contribution in [0.1, 0.15) is 37.7 Å². The molecule has 1 heterocycles. The smallest absolute Gasteiger partial charge is 0.271 e. The molecule has 27 heavy (non-hydrogen) atoms. The molecule has 0 saturated carbocycles. The first-order valence-corrected chi connectivity index (χ1v) is 8.49. The van der Waals surface area contributed by atoms with E-state index < -0.39 is 11.8 Å². The third kappa shape index (κ3) is 3.89. The quantitative estimate of drug-likeness (QED) is 0.697. The Morgan fingerprint density at radius 2 is 1.44 bits per heavy atom. The van der Waals surface area contributed by atoms with Crippen molar-refractivity contribution in [2.75, 3.05) is 0 Å². The summed E-state index contributed by atoms with van der Waals surface area (Å²) < 4.78 is 15.0. The van der Waals surface area contributed by atoms with E-state index in [2.05, 4.69) is 10.9 Å². The van der Waals surface area contributed by atoms with E-state index in [1.807, 2.05) is 30.5 Å². The summed E-state index contributed by atoms with van der Waals surface area (Å²) in [4.78, 5) is 24.6. The van der Waals surface area contributed by atoms with E-state index >= 15 is 0 Å². The Morgan fingerprint density at radius 3 is 2.07 bits per heavy atom. The van der Waals surface area contributed by atoms with Crippen molar-refractivity contribution in [2.45, 2.75) is 20.8 Å². The van der Waals surface area contributed by atoms with Crippen LogP contribution in [0.5, 0.6) is 0 Å².